The van der Waals surface area contributed by atoms with Gasteiger partial charge < -0.3 is 19.5 Å². The van der Waals surface area contributed by atoms with E-state index < -0.39 is 5.97 Å². The minimum atomic E-state index is -1.06. The van der Waals surface area contributed by atoms with E-state index in [1.54, 1.807) is 6.07 Å². The van der Waals surface area contributed by atoms with Crippen molar-refractivity contribution in [1.82, 2.24) is 0 Å². The first-order chi connectivity index (χ1) is 11.0. The molecule has 0 aromatic heterocycles. The predicted molar refractivity (Wildman–Crippen MR) is 88.0 cm³/mol. The number of carbonyl (C=O) groups is 1. The summed E-state index contributed by atoms with van der Waals surface area (Å²) in [6.07, 6.45) is -0.118. The molecule has 0 amide bonds. The third-order valence-corrected chi connectivity index (χ3v) is 3.97. The molecule has 0 radical (unpaired) electrons. The lowest BCUT2D eigenvalue weighted by molar-refractivity contribution is 0.0697. The van der Waals surface area contributed by atoms with Gasteiger partial charge in [-0.25, -0.2) is 4.79 Å². The number of para-hydroxylation sites is 2. The molecule has 0 spiro atoms. The number of hydrogen-bond acceptors (Lipinski definition) is 4. The van der Waals surface area contributed by atoms with Gasteiger partial charge >= 0.3 is 5.97 Å². The molecule has 0 unspecified atom stereocenters. The molecule has 1 atom stereocenters. The van der Waals surface area contributed by atoms with Crippen LogP contribution in [0.3, 0.4) is 0 Å². The third kappa shape index (κ3) is 3.35. The highest BCUT2D eigenvalue weighted by Gasteiger charge is 2.23. The van der Waals surface area contributed by atoms with Crippen LogP contribution in [-0.2, 0) is 0 Å². The number of halogens is 1. The summed E-state index contributed by atoms with van der Waals surface area (Å²) in [6, 6.07) is 12.4. The normalized spacial score (nSPS) is 16.4. The third-order valence-electron chi connectivity index (χ3n) is 3.65. The van der Waals surface area contributed by atoms with E-state index in [9.17, 15) is 4.79 Å². The van der Waals surface area contributed by atoms with Gasteiger partial charge in [-0.2, -0.15) is 0 Å². The minimum absolute atomic E-state index is 0.0570. The van der Waals surface area contributed by atoms with Crippen LogP contribution >= 0.6 is 11.6 Å². The molecule has 0 saturated heterocycles. The van der Waals surface area contributed by atoms with Gasteiger partial charge in [0.15, 0.2) is 0 Å². The van der Waals surface area contributed by atoms with Crippen LogP contribution in [0.15, 0.2) is 42.5 Å². The molecule has 0 saturated carbocycles. The van der Waals surface area contributed by atoms with Crippen LogP contribution in [0.2, 0.25) is 5.02 Å². The minimum Gasteiger partial charge on any atom is -0.490 e. The first-order valence-corrected chi connectivity index (χ1v) is 7.55. The fourth-order valence-corrected chi connectivity index (χ4v) is 2.78. The first kappa shape index (κ1) is 15.5. The highest BCUT2D eigenvalue weighted by molar-refractivity contribution is 6.33. The molecule has 3 rings (SSSR count). The lowest BCUT2D eigenvalue weighted by Gasteiger charge is -2.33. The Morgan fingerprint density at radius 1 is 1.39 bits per heavy atom. The SMILES string of the molecule is CN1C[C@@H](COc2ccc(C(=O)O)c(Cl)c2)Oc2ccccc21. The Morgan fingerprint density at radius 3 is 2.91 bits per heavy atom. The number of aromatic carboxylic acids is 1. The number of nitrogens with zero attached hydrogens (tertiary/aromatic N) is 1. The maximum absolute atomic E-state index is 10.9. The monoisotopic (exact) mass is 333 g/mol. The van der Waals surface area contributed by atoms with Crippen LogP contribution in [0.1, 0.15) is 10.4 Å². The molecule has 1 N–H and O–H groups in total. The van der Waals surface area contributed by atoms with Crippen molar-refractivity contribution >= 4 is 23.3 Å². The van der Waals surface area contributed by atoms with Gasteiger partial charge in [-0.3, -0.25) is 0 Å². The highest BCUT2D eigenvalue weighted by atomic mass is 35.5. The van der Waals surface area contributed by atoms with Crippen molar-refractivity contribution in [3.63, 3.8) is 0 Å². The van der Waals surface area contributed by atoms with Crippen LogP contribution < -0.4 is 14.4 Å². The van der Waals surface area contributed by atoms with Gasteiger partial charge in [0.25, 0.3) is 0 Å². The molecule has 0 aliphatic carbocycles. The second-order valence-corrected chi connectivity index (χ2v) is 5.75. The van der Waals surface area contributed by atoms with E-state index in [0.29, 0.717) is 18.9 Å². The number of carboxylic acids is 1. The summed E-state index contributed by atoms with van der Waals surface area (Å²) in [7, 11) is 2.01. The van der Waals surface area contributed by atoms with Crippen molar-refractivity contribution in [2.75, 3.05) is 25.1 Å². The highest BCUT2D eigenvalue weighted by Crippen LogP contribution is 2.32. The van der Waals surface area contributed by atoms with Crippen LogP contribution in [0, 0.1) is 0 Å². The smallest absolute Gasteiger partial charge is 0.337 e. The van der Waals surface area contributed by atoms with E-state index in [1.807, 2.05) is 31.3 Å². The second-order valence-electron chi connectivity index (χ2n) is 5.35. The molecule has 1 aliphatic rings. The fourth-order valence-electron chi connectivity index (χ4n) is 2.53. The van der Waals surface area contributed by atoms with Crippen molar-refractivity contribution in [3.05, 3.63) is 53.1 Å². The zero-order valence-electron chi connectivity index (χ0n) is 12.5. The fraction of sp³-hybridized carbons (Fsp3) is 0.235. The summed E-state index contributed by atoms with van der Waals surface area (Å²) in [5.74, 6) is 0.287. The number of hydrogen-bond donors (Lipinski definition) is 1. The number of ether oxygens (including phenoxy) is 2. The molecule has 120 valence electrons. The summed E-state index contributed by atoms with van der Waals surface area (Å²) >= 11 is 5.94. The van der Waals surface area contributed by atoms with E-state index in [4.69, 9.17) is 26.2 Å². The van der Waals surface area contributed by atoms with Gasteiger partial charge in [0.2, 0.25) is 0 Å². The lowest BCUT2D eigenvalue weighted by atomic mass is 10.2. The van der Waals surface area contributed by atoms with Gasteiger partial charge in [0, 0.05) is 7.05 Å². The molecule has 2 aromatic carbocycles. The van der Waals surface area contributed by atoms with E-state index in [1.165, 1.54) is 12.1 Å². The summed E-state index contributed by atoms with van der Waals surface area (Å²) in [5.41, 5.74) is 1.11. The molecule has 5 nitrogen and oxygen atoms in total. The number of rotatable bonds is 4. The van der Waals surface area contributed by atoms with Gasteiger partial charge in [0.1, 0.15) is 24.2 Å². The molecule has 0 fully saturated rings. The molecule has 6 heteroatoms. The number of carboxylic acid groups (broad SMARTS) is 1. The second kappa shape index (κ2) is 6.38. The summed E-state index contributed by atoms with van der Waals surface area (Å²) in [4.78, 5) is 13.1. The maximum atomic E-state index is 10.9. The number of benzene rings is 2. The summed E-state index contributed by atoms with van der Waals surface area (Å²) in [6.45, 7) is 1.05. The zero-order chi connectivity index (χ0) is 16.4. The van der Waals surface area contributed by atoms with E-state index in [-0.39, 0.29) is 16.7 Å². The van der Waals surface area contributed by atoms with E-state index in [2.05, 4.69) is 4.90 Å². The van der Waals surface area contributed by atoms with Crippen molar-refractivity contribution in [3.8, 4) is 11.5 Å². The summed E-state index contributed by atoms with van der Waals surface area (Å²) in [5, 5.41) is 9.12. The molecular weight excluding hydrogens is 318 g/mol. The lowest BCUT2D eigenvalue weighted by Crippen LogP contribution is -2.41. The summed E-state index contributed by atoms with van der Waals surface area (Å²) < 4.78 is 11.6. The number of likely N-dealkylation sites (N-methyl/N-ethyl adjacent to an activating group) is 1. The van der Waals surface area contributed by atoms with Crippen LogP contribution in [0.5, 0.6) is 11.5 Å². The zero-order valence-corrected chi connectivity index (χ0v) is 13.3. The Bertz CT molecular complexity index is 734. The van der Waals surface area contributed by atoms with Crippen molar-refractivity contribution in [1.29, 1.82) is 0 Å². The van der Waals surface area contributed by atoms with Gasteiger partial charge in [0.05, 0.1) is 22.8 Å². The maximum Gasteiger partial charge on any atom is 0.337 e. The molecule has 1 heterocycles. The van der Waals surface area contributed by atoms with Gasteiger partial charge in [-0.1, -0.05) is 23.7 Å². The molecular formula is C17H16ClNO4. The van der Waals surface area contributed by atoms with E-state index in [0.717, 1.165) is 11.4 Å². The predicted octanol–water partition coefficient (Wildman–Crippen LogP) is 3.31. The van der Waals surface area contributed by atoms with Crippen molar-refractivity contribution < 1.29 is 19.4 Å². The molecule has 23 heavy (non-hydrogen) atoms. The van der Waals surface area contributed by atoms with Gasteiger partial charge in [-0.15, -0.1) is 0 Å². The number of anilines is 1. The van der Waals surface area contributed by atoms with Crippen LogP contribution in [0.4, 0.5) is 5.69 Å². The molecule has 1 aliphatic heterocycles. The Balaban J connectivity index is 1.66. The quantitative estimate of drug-likeness (QED) is 0.930. The Morgan fingerprint density at radius 2 is 2.17 bits per heavy atom. The Kier molecular flexibility index (Phi) is 4.30. The van der Waals surface area contributed by atoms with Crippen LogP contribution in [0.25, 0.3) is 0 Å². The molecule has 0 bridgehead atoms. The van der Waals surface area contributed by atoms with Crippen molar-refractivity contribution in [2.24, 2.45) is 0 Å². The van der Waals surface area contributed by atoms with Gasteiger partial charge in [-0.05, 0) is 30.3 Å². The molecule has 2 aromatic rings. The average molecular weight is 334 g/mol. The standard InChI is InChI=1S/C17H16ClNO4/c1-19-9-12(23-16-5-3-2-4-15(16)19)10-22-11-6-7-13(17(20)21)14(18)8-11/h2-8,12H,9-10H2,1H3,(H,20,21)/t12-/m0/s1. The van der Waals surface area contributed by atoms with Crippen LogP contribution in [-0.4, -0.2) is 37.4 Å². The topological polar surface area (TPSA) is 59.0 Å². The first-order valence-electron chi connectivity index (χ1n) is 7.17. The average Bonchev–Trinajstić information content (AvgIpc) is 2.53. The Labute approximate surface area is 139 Å². The van der Waals surface area contributed by atoms with E-state index >= 15 is 0 Å². The number of fused-ring (bicyclic) bond motifs is 1. The largest absolute Gasteiger partial charge is 0.490 e. The van der Waals surface area contributed by atoms with Crippen molar-refractivity contribution in [2.45, 2.75) is 6.10 Å². The Hall–Kier alpha value is -2.40.